The van der Waals surface area contributed by atoms with Crippen LogP contribution < -0.4 is 5.46 Å². The molecule has 0 aliphatic carbocycles. The highest BCUT2D eigenvalue weighted by molar-refractivity contribution is 6.32. The predicted octanol–water partition coefficient (Wildman–Crippen LogP) is 4.33. The van der Waals surface area contributed by atoms with Gasteiger partial charge in [-0.05, 0) is 22.3 Å². The summed E-state index contributed by atoms with van der Waals surface area (Å²) < 4.78 is 0. The minimum atomic E-state index is -0.337. The third-order valence-corrected chi connectivity index (χ3v) is 5.07. The molecular formula is C25H21B. The average molecular weight is 332 g/mol. The second-order valence-corrected chi connectivity index (χ2v) is 6.72. The Kier molecular flexibility index (Phi) is 4.45. The maximum absolute atomic E-state index is 2.31. The molecular weight excluding hydrogens is 311 g/mol. The summed E-state index contributed by atoms with van der Waals surface area (Å²) in [7, 11) is 2.16. The second-order valence-electron chi connectivity index (χ2n) is 6.72. The Bertz CT molecular complexity index is 879. The van der Waals surface area contributed by atoms with Crippen molar-refractivity contribution >= 4 is 13.3 Å². The molecule has 0 aromatic heterocycles. The van der Waals surface area contributed by atoms with Gasteiger partial charge < -0.3 is 0 Å². The Hall–Kier alpha value is -3.06. The summed E-state index contributed by atoms with van der Waals surface area (Å²) in [5.74, 6) is 0. The first-order valence-electron chi connectivity index (χ1n) is 9.05. The number of hydrogen-bond donors (Lipinski definition) is 0. The lowest BCUT2D eigenvalue weighted by molar-refractivity contribution is 0.746. The summed E-state index contributed by atoms with van der Waals surface area (Å²) >= 11 is 0. The first-order valence-corrected chi connectivity index (χ1v) is 9.05. The van der Waals surface area contributed by atoms with Gasteiger partial charge in [-0.15, -0.1) is 0 Å². The van der Waals surface area contributed by atoms with E-state index < -0.39 is 0 Å². The lowest BCUT2D eigenvalue weighted by Gasteiger charge is -2.37. The van der Waals surface area contributed by atoms with Gasteiger partial charge in [0.05, 0.1) is 5.41 Å². The molecule has 0 nitrogen and oxygen atoms in total. The fourth-order valence-corrected chi connectivity index (χ4v) is 3.94. The Morgan fingerprint density at radius 1 is 0.423 bits per heavy atom. The van der Waals surface area contributed by atoms with Gasteiger partial charge in [0, 0.05) is 0 Å². The molecule has 0 aliphatic rings. The van der Waals surface area contributed by atoms with Crippen molar-refractivity contribution in [1.29, 1.82) is 0 Å². The maximum atomic E-state index is 2.31. The summed E-state index contributed by atoms with van der Waals surface area (Å²) in [4.78, 5) is 0. The van der Waals surface area contributed by atoms with E-state index in [9.17, 15) is 0 Å². The van der Waals surface area contributed by atoms with Crippen molar-refractivity contribution < 1.29 is 0 Å². The zero-order valence-corrected chi connectivity index (χ0v) is 15.0. The van der Waals surface area contributed by atoms with E-state index >= 15 is 0 Å². The van der Waals surface area contributed by atoms with Gasteiger partial charge in [0.1, 0.15) is 7.85 Å². The molecule has 0 fully saturated rings. The molecule has 4 rings (SSSR count). The van der Waals surface area contributed by atoms with Crippen LogP contribution in [0.25, 0.3) is 0 Å². The van der Waals surface area contributed by atoms with Crippen LogP contribution in [0.4, 0.5) is 0 Å². The molecule has 0 unspecified atom stereocenters. The van der Waals surface area contributed by atoms with Gasteiger partial charge >= 0.3 is 0 Å². The highest BCUT2D eigenvalue weighted by Crippen LogP contribution is 2.44. The summed E-state index contributed by atoms with van der Waals surface area (Å²) in [6, 6.07) is 41.4. The molecule has 0 radical (unpaired) electrons. The Balaban J connectivity index is 2.14. The van der Waals surface area contributed by atoms with Crippen molar-refractivity contribution in [3.8, 4) is 0 Å². The van der Waals surface area contributed by atoms with Crippen molar-refractivity contribution in [1.82, 2.24) is 0 Å². The van der Waals surface area contributed by atoms with Crippen LogP contribution in [0.15, 0.2) is 115 Å². The highest BCUT2D eigenvalue weighted by atomic mass is 14.4. The zero-order valence-electron chi connectivity index (χ0n) is 15.0. The summed E-state index contributed by atoms with van der Waals surface area (Å²) in [5, 5.41) is 0. The molecule has 26 heavy (non-hydrogen) atoms. The largest absolute Gasteiger partial charge is 0.139 e. The monoisotopic (exact) mass is 332 g/mol. The summed E-state index contributed by atoms with van der Waals surface area (Å²) in [6.07, 6.45) is 0. The highest BCUT2D eigenvalue weighted by Gasteiger charge is 2.37. The van der Waals surface area contributed by atoms with Crippen LogP contribution in [0, 0.1) is 0 Å². The van der Waals surface area contributed by atoms with Crippen LogP contribution in [0.5, 0.6) is 0 Å². The molecule has 0 heterocycles. The lowest BCUT2D eigenvalue weighted by atomic mass is 9.64. The molecule has 0 bridgehead atoms. The Morgan fingerprint density at radius 2 is 0.808 bits per heavy atom. The fraction of sp³-hybridized carbons (Fsp3) is 0.0400. The SMILES string of the molecule is Bc1cccc(C(c2ccccc2)(c2ccccc2)c2ccccc2)c1. The normalized spacial score (nSPS) is 11.2. The summed E-state index contributed by atoms with van der Waals surface area (Å²) in [5.41, 5.74) is 6.07. The van der Waals surface area contributed by atoms with E-state index in [4.69, 9.17) is 0 Å². The number of hydrogen-bond acceptors (Lipinski definition) is 0. The molecule has 0 spiro atoms. The molecule has 0 aliphatic heterocycles. The standard InChI is InChI=1S/C25H21B/c26-24-18-10-17-23(19-24)25(20-11-4-1-5-12-20,21-13-6-2-7-14-21)22-15-8-3-9-16-22/h1-19H,26H2. The van der Waals surface area contributed by atoms with Crippen molar-refractivity contribution in [2.75, 3.05) is 0 Å². The molecule has 1 heteroatoms. The van der Waals surface area contributed by atoms with Gasteiger partial charge in [-0.2, -0.15) is 0 Å². The van der Waals surface area contributed by atoms with Crippen LogP contribution in [-0.4, -0.2) is 7.85 Å². The molecule has 0 saturated heterocycles. The minimum absolute atomic E-state index is 0.337. The van der Waals surface area contributed by atoms with Gasteiger partial charge in [0.25, 0.3) is 0 Å². The van der Waals surface area contributed by atoms with Crippen molar-refractivity contribution in [3.63, 3.8) is 0 Å². The lowest BCUT2D eigenvalue weighted by Crippen LogP contribution is -2.31. The first-order chi connectivity index (χ1) is 12.8. The van der Waals surface area contributed by atoms with Crippen molar-refractivity contribution in [2.45, 2.75) is 5.41 Å². The van der Waals surface area contributed by atoms with E-state index in [-0.39, 0.29) is 5.41 Å². The van der Waals surface area contributed by atoms with Crippen LogP contribution in [0.2, 0.25) is 0 Å². The molecule has 0 N–H and O–H groups in total. The Morgan fingerprint density at radius 3 is 1.19 bits per heavy atom. The quantitative estimate of drug-likeness (QED) is 0.385. The fourth-order valence-electron chi connectivity index (χ4n) is 3.94. The first kappa shape index (κ1) is 16.4. The molecule has 4 aromatic carbocycles. The van der Waals surface area contributed by atoms with Crippen LogP contribution in [-0.2, 0) is 5.41 Å². The van der Waals surface area contributed by atoms with Gasteiger partial charge in [-0.3, -0.25) is 0 Å². The average Bonchev–Trinajstić information content (AvgIpc) is 2.71. The molecule has 4 aromatic rings. The maximum Gasteiger partial charge on any atom is 0.139 e. The summed E-state index contributed by atoms with van der Waals surface area (Å²) in [6.45, 7) is 0. The minimum Gasteiger partial charge on any atom is -0.0886 e. The van der Waals surface area contributed by atoms with Gasteiger partial charge in [-0.1, -0.05) is 121 Å². The zero-order chi connectivity index (χ0) is 17.8. The topological polar surface area (TPSA) is 0 Å². The van der Waals surface area contributed by atoms with Crippen LogP contribution >= 0.6 is 0 Å². The predicted molar refractivity (Wildman–Crippen MR) is 113 cm³/mol. The third-order valence-electron chi connectivity index (χ3n) is 5.07. The molecule has 0 saturated carbocycles. The van der Waals surface area contributed by atoms with E-state index in [2.05, 4.69) is 123 Å². The number of rotatable bonds is 4. The van der Waals surface area contributed by atoms with E-state index in [1.54, 1.807) is 0 Å². The van der Waals surface area contributed by atoms with Crippen LogP contribution in [0.3, 0.4) is 0 Å². The molecule has 0 amide bonds. The van der Waals surface area contributed by atoms with Gasteiger partial charge in [0.15, 0.2) is 0 Å². The van der Waals surface area contributed by atoms with Gasteiger partial charge in [-0.25, -0.2) is 0 Å². The smallest absolute Gasteiger partial charge is 0.0886 e. The van der Waals surface area contributed by atoms with Crippen molar-refractivity contribution in [3.05, 3.63) is 138 Å². The number of benzene rings is 4. The van der Waals surface area contributed by atoms with Crippen molar-refractivity contribution in [2.24, 2.45) is 0 Å². The van der Waals surface area contributed by atoms with Crippen LogP contribution in [0.1, 0.15) is 22.3 Å². The molecule has 124 valence electrons. The van der Waals surface area contributed by atoms with E-state index in [1.165, 1.54) is 27.7 Å². The molecule has 0 atom stereocenters. The van der Waals surface area contributed by atoms with E-state index in [0.29, 0.717) is 0 Å². The van der Waals surface area contributed by atoms with Gasteiger partial charge in [0.2, 0.25) is 0 Å². The second kappa shape index (κ2) is 7.05. The third kappa shape index (κ3) is 2.76. The Labute approximate surface area is 156 Å². The van der Waals surface area contributed by atoms with E-state index in [0.717, 1.165) is 0 Å². The van der Waals surface area contributed by atoms with E-state index in [1.807, 2.05) is 0 Å².